The summed E-state index contributed by atoms with van der Waals surface area (Å²) in [5.74, 6) is -2.47. The third-order valence-corrected chi connectivity index (χ3v) is 3.17. The summed E-state index contributed by atoms with van der Waals surface area (Å²) < 4.78 is 10.3. The van der Waals surface area contributed by atoms with Gasteiger partial charge in [-0.15, -0.1) is 0 Å². The van der Waals surface area contributed by atoms with Gasteiger partial charge in [-0.25, -0.2) is 0 Å². The average Bonchev–Trinajstić information content (AvgIpc) is 2.56. The van der Waals surface area contributed by atoms with Gasteiger partial charge in [0.1, 0.15) is 13.0 Å². The van der Waals surface area contributed by atoms with Gasteiger partial charge in [0.25, 0.3) is 0 Å². The van der Waals surface area contributed by atoms with E-state index in [1.807, 2.05) is 0 Å². The quantitative estimate of drug-likeness (QED) is 0.146. The van der Waals surface area contributed by atoms with Gasteiger partial charge in [0, 0.05) is 13.1 Å². The number of carbonyl (C=O) groups excluding carboxylic acids is 3. The number of hydrogen-bond donors (Lipinski definition) is 5. The van der Waals surface area contributed by atoms with Crippen molar-refractivity contribution in [1.29, 1.82) is 0 Å². The van der Waals surface area contributed by atoms with Crippen LogP contribution in [0.15, 0.2) is 0 Å². The number of rotatable bonds is 16. The zero-order chi connectivity index (χ0) is 19.8. The van der Waals surface area contributed by atoms with Gasteiger partial charge in [-0.2, -0.15) is 0 Å². The Morgan fingerprint density at radius 1 is 1.00 bits per heavy atom. The maximum absolute atomic E-state index is 11.5. The molecule has 0 heterocycles. The first-order chi connectivity index (χ1) is 12.4. The first-order valence-electron chi connectivity index (χ1n) is 8.24. The summed E-state index contributed by atoms with van der Waals surface area (Å²) >= 11 is 0. The topological polar surface area (TPSA) is 169 Å². The van der Waals surface area contributed by atoms with E-state index in [9.17, 15) is 19.2 Å². The summed E-state index contributed by atoms with van der Waals surface area (Å²) in [5, 5.41) is 16.2. The molecule has 0 radical (unpaired) electrons. The molecule has 0 aliphatic heterocycles. The number of carboxylic acids is 1. The monoisotopic (exact) mass is 376 g/mol. The highest BCUT2D eigenvalue weighted by Crippen LogP contribution is 1.94. The van der Waals surface area contributed by atoms with Crippen LogP contribution in [0.1, 0.15) is 19.3 Å². The van der Waals surface area contributed by atoms with Crippen molar-refractivity contribution >= 4 is 23.7 Å². The van der Waals surface area contributed by atoms with Crippen LogP contribution in [-0.2, 0) is 28.7 Å². The Morgan fingerprint density at radius 2 is 1.65 bits per heavy atom. The summed E-state index contributed by atoms with van der Waals surface area (Å²) in [6.07, 6.45) is 0.567. The SMILES string of the molecule is CNC(CCCNC(=O)COCCOCCNC(=O)CC(=O)O)C(N)=O. The molecule has 1 atom stereocenters. The van der Waals surface area contributed by atoms with Crippen molar-refractivity contribution in [3.63, 3.8) is 0 Å². The van der Waals surface area contributed by atoms with E-state index in [2.05, 4.69) is 16.0 Å². The predicted octanol–water partition coefficient (Wildman–Crippen LogP) is -2.42. The van der Waals surface area contributed by atoms with E-state index in [0.29, 0.717) is 19.4 Å². The molecule has 26 heavy (non-hydrogen) atoms. The van der Waals surface area contributed by atoms with Crippen LogP contribution in [0.25, 0.3) is 0 Å². The molecule has 0 aromatic carbocycles. The Balaban J connectivity index is 3.45. The second-order valence-corrected chi connectivity index (χ2v) is 5.32. The number of primary amides is 1. The molecule has 1 unspecified atom stereocenters. The third kappa shape index (κ3) is 14.1. The smallest absolute Gasteiger partial charge is 0.312 e. The Labute approximate surface area is 152 Å². The van der Waals surface area contributed by atoms with Crippen molar-refractivity contribution in [1.82, 2.24) is 16.0 Å². The Kier molecular flexibility index (Phi) is 13.8. The second-order valence-electron chi connectivity index (χ2n) is 5.32. The van der Waals surface area contributed by atoms with Crippen LogP contribution >= 0.6 is 0 Å². The number of nitrogens with two attached hydrogens (primary N) is 1. The lowest BCUT2D eigenvalue weighted by Gasteiger charge is -2.12. The van der Waals surface area contributed by atoms with Crippen LogP contribution in [0, 0.1) is 0 Å². The molecule has 150 valence electrons. The molecule has 0 fully saturated rings. The Morgan fingerprint density at radius 3 is 2.27 bits per heavy atom. The molecule has 6 N–H and O–H groups in total. The number of likely N-dealkylation sites (N-methyl/N-ethyl adjacent to an activating group) is 1. The van der Waals surface area contributed by atoms with Gasteiger partial charge >= 0.3 is 5.97 Å². The van der Waals surface area contributed by atoms with Crippen LogP contribution < -0.4 is 21.7 Å². The van der Waals surface area contributed by atoms with Crippen molar-refractivity contribution in [3.05, 3.63) is 0 Å². The second kappa shape index (κ2) is 15.0. The van der Waals surface area contributed by atoms with Gasteiger partial charge in [-0.1, -0.05) is 0 Å². The summed E-state index contributed by atoms with van der Waals surface area (Å²) in [7, 11) is 1.65. The van der Waals surface area contributed by atoms with Gasteiger partial charge in [0.15, 0.2) is 0 Å². The Hall–Kier alpha value is -2.24. The predicted molar refractivity (Wildman–Crippen MR) is 91.2 cm³/mol. The minimum Gasteiger partial charge on any atom is -0.481 e. The Bertz CT molecular complexity index is 459. The third-order valence-electron chi connectivity index (χ3n) is 3.17. The molecule has 0 aliphatic rings. The van der Waals surface area contributed by atoms with Gasteiger partial charge in [0.05, 0.1) is 25.9 Å². The fourth-order valence-corrected chi connectivity index (χ4v) is 1.86. The van der Waals surface area contributed by atoms with E-state index in [4.69, 9.17) is 20.3 Å². The maximum Gasteiger partial charge on any atom is 0.312 e. The zero-order valence-electron chi connectivity index (χ0n) is 14.9. The number of amides is 3. The molecule has 0 aromatic rings. The van der Waals surface area contributed by atoms with E-state index < -0.39 is 30.2 Å². The van der Waals surface area contributed by atoms with Crippen molar-refractivity contribution in [2.45, 2.75) is 25.3 Å². The van der Waals surface area contributed by atoms with E-state index in [1.54, 1.807) is 7.05 Å². The van der Waals surface area contributed by atoms with Crippen molar-refractivity contribution in [3.8, 4) is 0 Å². The average molecular weight is 376 g/mol. The lowest BCUT2D eigenvalue weighted by Crippen LogP contribution is -2.39. The summed E-state index contributed by atoms with van der Waals surface area (Å²) in [4.78, 5) is 43.8. The molecule has 0 rings (SSSR count). The summed E-state index contributed by atoms with van der Waals surface area (Å²) in [6.45, 7) is 1.17. The highest BCUT2D eigenvalue weighted by molar-refractivity contribution is 5.93. The van der Waals surface area contributed by atoms with E-state index in [1.165, 1.54) is 0 Å². The molecular formula is C15H28N4O7. The summed E-state index contributed by atoms with van der Waals surface area (Å²) in [5.41, 5.74) is 5.18. The minimum atomic E-state index is -1.19. The van der Waals surface area contributed by atoms with Gasteiger partial charge < -0.3 is 36.3 Å². The number of nitrogens with one attached hydrogen (secondary N) is 3. The number of aliphatic carboxylic acids is 1. The van der Waals surface area contributed by atoms with Crippen LogP contribution in [0.3, 0.4) is 0 Å². The molecule has 0 saturated carbocycles. The molecular weight excluding hydrogens is 348 g/mol. The number of ether oxygens (including phenoxy) is 2. The van der Waals surface area contributed by atoms with Gasteiger partial charge in [-0.3, -0.25) is 19.2 Å². The van der Waals surface area contributed by atoms with Crippen molar-refractivity contribution in [2.75, 3.05) is 46.6 Å². The maximum atomic E-state index is 11.5. The van der Waals surface area contributed by atoms with E-state index in [-0.39, 0.29) is 38.9 Å². The van der Waals surface area contributed by atoms with Crippen molar-refractivity contribution in [2.24, 2.45) is 5.73 Å². The van der Waals surface area contributed by atoms with Crippen LogP contribution in [0.2, 0.25) is 0 Å². The first kappa shape index (κ1) is 23.8. The standard InChI is InChI=1S/C15H28N4O7/c1-17-11(15(16)24)3-2-4-18-13(21)10-26-8-7-25-6-5-19-12(20)9-14(22)23/h11,17H,2-10H2,1H3,(H2,16,24)(H,18,21)(H,19,20)(H,22,23). The fraction of sp³-hybridized carbons (Fsp3) is 0.733. The lowest BCUT2D eigenvalue weighted by molar-refractivity contribution is -0.140. The van der Waals surface area contributed by atoms with Crippen molar-refractivity contribution < 1.29 is 33.8 Å². The van der Waals surface area contributed by atoms with Gasteiger partial charge in [-0.05, 0) is 19.9 Å². The number of hydrogen-bond acceptors (Lipinski definition) is 7. The highest BCUT2D eigenvalue weighted by Gasteiger charge is 2.11. The molecule has 0 spiro atoms. The summed E-state index contributed by atoms with van der Waals surface area (Å²) in [6, 6.07) is -0.408. The lowest BCUT2D eigenvalue weighted by atomic mass is 10.1. The highest BCUT2D eigenvalue weighted by atomic mass is 16.5. The van der Waals surface area contributed by atoms with Crippen LogP contribution in [0.5, 0.6) is 0 Å². The molecule has 3 amide bonds. The number of carboxylic acid groups (broad SMARTS) is 1. The molecule has 11 nitrogen and oxygen atoms in total. The fourth-order valence-electron chi connectivity index (χ4n) is 1.86. The van der Waals surface area contributed by atoms with E-state index in [0.717, 1.165) is 0 Å². The van der Waals surface area contributed by atoms with Crippen LogP contribution in [0.4, 0.5) is 0 Å². The number of carbonyl (C=O) groups is 4. The molecule has 0 bridgehead atoms. The molecule has 0 aromatic heterocycles. The normalized spacial score (nSPS) is 11.6. The first-order valence-corrected chi connectivity index (χ1v) is 8.24. The van der Waals surface area contributed by atoms with E-state index >= 15 is 0 Å². The van der Waals surface area contributed by atoms with Crippen LogP contribution in [-0.4, -0.2) is 81.4 Å². The van der Waals surface area contributed by atoms with Gasteiger partial charge in [0.2, 0.25) is 17.7 Å². The minimum absolute atomic E-state index is 0.107. The zero-order valence-corrected chi connectivity index (χ0v) is 14.9. The molecule has 0 saturated heterocycles. The largest absolute Gasteiger partial charge is 0.481 e. The molecule has 11 heteroatoms. The molecule has 0 aliphatic carbocycles.